The van der Waals surface area contributed by atoms with Gasteiger partial charge >= 0.3 is 0 Å². The first kappa shape index (κ1) is 49.7. The van der Waals surface area contributed by atoms with Crippen molar-refractivity contribution in [2.45, 2.75) is 184 Å². The van der Waals surface area contributed by atoms with Crippen LogP contribution in [0.25, 0.3) is 10.8 Å². The van der Waals surface area contributed by atoms with Gasteiger partial charge in [-0.3, -0.25) is 9.98 Å². The van der Waals surface area contributed by atoms with Crippen LogP contribution in [0, 0.1) is 13.8 Å². The minimum atomic E-state index is -0.0687. The summed E-state index contributed by atoms with van der Waals surface area (Å²) in [5.74, 6) is -0.132. The number of rotatable bonds is 23. The summed E-state index contributed by atoms with van der Waals surface area (Å²) < 4.78 is 0. The number of aromatic hydroxyl groups is 2. The number of phenols is 2. The van der Waals surface area contributed by atoms with E-state index in [9.17, 15) is 10.2 Å². The third-order valence-corrected chi connectivity index (χ3v) is 11.1. The van der Waals surface area contributed by atoms with Crippen molar-refractivity contribution in [3.8, 4) is 11.5 Å². The second-order valence-electron chi connectivity index (χ2n) is 15.9. The van der Waals surface area contributed by atoms with E-state index < -0.39 is 0 Å². The molecule has 0 aliphatic rings. The van der Waals surface area contributed by atoms with E-state index >= 15 is 0 Å². The molecule has 5 heteroatoms. The fraction of sp³-hybridized carbons (Fsp3) is 0.538. The van der Waals surface area contributed by atoms with Crippen molar-refractivity contribution in [2.75, 3.05) is 0 Å². The van der Waals surface area contributed by atoms with Gasteiger partial charge in [0.25, 0.3) is 0 Å². The average Bonchev–Trinajstić information content (AvgIpc) is 3.20. The Balaban J connectivity index is 0.000000622. The van der Waals surface area contributed by atoms with E-state index in [1.54, 1.807) is 12.1 Å². The van der Waals surface area contributed by atoms with E-state index in [0.717, 1.165) is 59.8 Å². The molecule has 0 aromatic heterocycles. The second-order valence-corrected chi connectivity index (χ2v) is 15.9. The molecule has 0 saturated heterocycles. The molecule has 0 spiro atoms. The second kappa shape index (κ2) is 28.1. The molecule has 4 aromatic carbocycles. The summed E-state index contributed by atoms with van der Waals surface area (Å²) in [5.41, 5.74) is 13.0. The fourth-order valence-corrected chi connectivity index (χ4v) is 7.30. The van der Waals surface area contributed by atoms with E-state index in [2.05, 4.69) is 77.9 Å². The Labute approximate surface area is 358 Å². The quantitative estimate of drug-likeness (QED) is 0.0339. The van der Waals surface area contributed by atoms with Crippen LogP contribution in [0.4, 0.5) is 11.4 Å². The van der Waals surface area contributed by atoms with Gasteiger partial charge in [-0.25, -0.2) is 0 Å². The van der Waals surface area contributed by atoms with Gasteiger partial charge in [0.15, 0.2) is 11.5 Å². The van der Waals surface area contributed by atoms with Crippen molar-refractivity contribution in [1.29, 1.82) is 0 Å². The smallest absolute Gasteiger partial charge is 0.158 e. The van der Waals surface area contributed by atoms with Crippen molar-refractivity contribution >= 4 is 33.6 Å². The van der Waals surface area contributed by atoms with Gasteiger partial charge in [-0.1, -0.05) is 117 Å². The normalized spacial score (nSPS) is 11.7. The first-order chi connectivity index (χ1) is 27.2. The van der Waals surface area contributed by atoms with Crippen LogP contribution < -0.4 is 0 Å². The molecule has 57 heavy (non-hydrogen) atoms. The third kappa shape index (κ3) is 16.8. The van der Waals surface area contributed by atoms with Crippen LogP contribution >= 0.6 is 0 Å². The van der Waals surface area contributed by atoms with E-state index in [-0.39, 0.29) is 28.0 Å². The monoisotopic (exact) mass is 819 g/mol. The molecule has 4 nitrogen and oxygen atoms in total. The SMILES string of the molecule is CCCCCCC(=Nc1ccc(CCCC)c(CCCC)c1)C(CCCC)=Nc1ccc(CCCC)c(CCCC)c1.Cc1ccc2cc(O)c(O)cc2c1C.[Ni]. The Morgan fingerprint density at radius 1 is 0.456 bits per heavy atom. The van der Waals surface area contributed by atoms with E-state index in [0.29, 0.717) is 0 Å². The summed E-state index contributed by atoms with van der Waals surface area (Å²) in [7, 11) is 0. The zero-order valence-electron chi connectivity index (χ0n) is 37.0. The molecule has 0 aliphatic heterocycles. The Bertz CT molecular complexity index is 1830. The molecule has 2 N–H and O–H groups in total. The number of aryl methyl sites for hydroxylation is 6. The summed E-state index contributed by atoms with van der Waals surface area (Å²) in [6, 6.07) is 21.2. The first-order valence-electron chi connectivity index (χ1n) is 22.5. The minimum absolute atomic E-state index is 0. The van der Waals surface area contributed by atoms with Gasteiger partial charge in [-0.2, -0.15) is 0 Å². The summed E-state index contributed by atoms with van der Waals surface area (Å²) in [6.45, 7) is 17.8. The van der Waals surface area contributed by atoms with Crippen LogP contribution in [-0.4, -0.2) is 21.6 Å². The molecule has 0 fully saturated rings. The van der Waals surface area contributed by atoms with Crippen LogP contribution in [0.2, 0.25) is 0 Å². The maximum Gasteiger partial charge on any atom is 0.158 e. The number of aliphatic imine (C=N–C) groups is 2. The Morgan fingerprint density at radius 3 is 1.37 bits per heavy atom. The predicted octanol–water partition coefficient (Wildman–Crippen LogP) is 15.9. The van der Waals surface area contributed by atoms with Gasteiger partial charge < -0.3 is 10.2 Å². The van der Waals surface area contributed by atoms with Crippen molar-refractivity contribution < 1.29 is 26.7 Å². The van der Waals surface area contributed by atoms with Crippen LogP contribution in [-0.2, 0) is 42.2 Å². The van der Waals surface area contributed by atoms with Crippen molar-refractivity contribution in [3.63, 3.8) is 0 Å². The number of fused-ring (bicyclic) bond motifs is 1. The number of unbranched alkanes of at least 4 members (excludes halogenated alkanes) is 8. The van der Waals surface area contributed by atoms with Gasteiger partial charge in [0.05, 0.1) is 22.8 Å². The van der Waals surface area contributed by atoms with E-state index in [4.69, 9.17) is 9.98 Å². The molecular formula is C52H76N2NiO2. The summed E-state index contributed by atoms with van der Waals surface area (Å²) >= 11 is 0. The number of phenolic OH excluding ortho intramolecular Hbond substituents is 2. The molecule has 0 aliphatic carbocycles. The maximum atomic E-state index is 9.38. The largest absolute Gasteiger partial charge is 0.504 e. The number of hydrogen-bond acceptors (Lipinski definition) is 4. The number of hydrogen-bond donors (Lipinski definition) is 2. The summed E-state index contributed by atoms with van der Waals surface area (Å²) in [6.07, 6.45) is 24.0. The molecule has 0 amide bonds. The van der Waals surface area contributed by atoms with E-state index in [1.165, 1.54) is 136 Å². The number of nitrogens with zero attached hydrogens (tertiary/aromatic N) is 2. The Morgan fingerprint density at radius 2 is 0.895 bits per heavy atom. The van der Waals surface area contributed by atoms with Gasteiger partial charge in [0.2, 0.25) is 0 Å². The van der Waals surface area contributed by atoms with Crippen LogP contribution in [0.3, 0.4) is 0 Å². The van der Waals surface area contributed by atoms with Crippen molar-refractivity contribution in [3.05, 3.63) is 94.0 Å². The Hall–Kier alpha value is -3.43. The first-order valence-corrected chi connectivity index (χ1v) is 22.5. The molecule has 0 bridgehead atoms. The average molecular weight is 820 g/mol. The Kier molecular flexibility index (Phi) is 24.5. The molecule has 0 unspecified atom stereocenters. The minimum Gasteiger partial charge on any atom is -0.504 e. The molecule has 316 valence electrons. The predicted molar refractivity (Wildman–Crippen MR) is 247 cm³/mol. The fourth-order valence-electron chi connectivity index (χ4n) is 7.30. The summed E-state index contributed by atoms with van der Waals surface area (Å²) in [4.78, 5) is 10.8. The van der Waals surface area contributed by atoms with Crippen LogP contribution in [0.1, 0.15) is 178 Å². The van der Waals surface area contributed by atoms with Gasteiger partial charge in [0, 0.05) is 16.5 Å². The van der Waals surface area contributed by atoms with E-state index in [1.807, 2.05) is 26.0 Å². The molecule has 4 rings (SSSR count). The topological polar surface area (TPSA) is 65.2 Å². The molecule has 4 aromatic rings. The zero-order chi connectivity index (χ0) is 40.7. The summed E-state index contributed by atoms with van der Waals surface area (Å²) in [5, 5.41) is 20.6. The van der Waals surface area contributed by atoms with Gasteiger partial charge in [0.1, 0.15) is 0 Å². The zero-order valence-corrected chi connectivity index (χ0v) is 38.0. The standard InChI is InChI=1S/C40H64N2.C12H12O2.Ni/c1-7-13-19-20-26-40(42-38-30-28-34(22-15-9-3)36(32-38)24-17-11-5)39(25-18-12-6)41-37-29-27-33(21-14-8-2)35(31-37)23-16-10-4;1-7-3-4-9-5-11(13)12(14)6-10(9)8(7)2;/h27-32H,7-26H2,1-6H3;3-6,13-14H,1-2H3;. The van der Waals surface area contributed by atoms with Crippen LogP contribution in [0.15, 0.2) is 70.6 Å². The number of benzene rings is 4. The van der Waals surface area contributed by atoms with Crippen molar-refractivity contribution in [1.82, 2.24) is 0 Å². The molecule has 0 atom stereocenters. The van der Waals surface area contributed by atoms with Crippen LogP contribution in [0.5, 0.6) is 11.5 Å². The van der Waals surface area contributed by atoms with Gasteiger partial charge in [-0.15, -0.1) is 0 Å². The third-order valence-electron chi connectivity index (χ3n) is 11.1. The molecule has 0 radical (unpaired) electrons. The molecule has 0 heterocycles. The van der Waals surface area contributed by atoms with Crippen molar-refractivity contribution in [2.24, 2.45) is 9.98 Å². The molecular weight excluding hydrogens is 743 g/mol. The van der Waals surface area contributed by atoms with Gasteiger partial charge in [-0.05, 0) is 171 Å². The molecule has 0 saturated carbocycles. The maximum absolute atomic E-state index is 9.38.